The van der Waals surface area contributed by atoms with Gasteiger partial charge in [-0.3, -0.25) is 4.72 Å². The molecule has 0 spiro atoms. The van der Waals surface area contributed by atoms with Crippen LogP contribution < -0.4 is 4.72 Å². The Balaban J connectivity index is 2.63. The molecule has 0 aliphatic rings. The van der Waals surface area contributed by atoms with Crippen LogP contribution in [0, 0.1) is 11.2 Å². The molecule has 0 aromatic heterocycles. The van der Waals surface area contributed by atoms with Crippen molar-refractivity contribution in [2.24, 2.45) is 0 Å². The summed E-state index contributed by atoms with van der Waals surface area (Å²) in [4.78, 5) is 0. The highest BCUT2D eigenvalue weighted by Gasteiger charge is 1.92. The minimum absolute atomic E-state index is 0.818. The van der Waals surface area contributed by atoms with E-state index in [1.54, 1.807) is 6.92 Å². The first-order chi connectivity index (χ1) is 5.83. The molecule has 0 aliphatic carbocycles. The number of para-hydroxylation sites is 1. The Hall–Kier alpha value is -1.27. The molecule has 0 heterocycles. The maximum atomic E-state index is 11.0. The van der Waals surface area contributed by atoms with Crippen molar-refractivity contribution >= 4 is 16.7 Å². The van der Waals surface area contributed by atoms with E-state index in [2.05, 4.69) is 15.9 Å². The van der Waals surface area contributed by atoms with E-state index in [4.69, 9.17) is 0 Å². The van der Waals surface area contributed by atoms with Crippen LogP contribution in [0.3, 0.4) is 0 Å². The molecule has 0 saturated heterocycles. The lowest BCUT2D eigenvalue weighted by Crippen LogP contribution is -2.00. The van der Waals surface area contributed by atoms with E-state index in [1.165, 1.54) is 0 Å². The van der Waals surface area contributed by atoms with Gasteiger partial charge >= 0.3 is 0 Å². The first kappa shape index (κ1) is 8.82. The smallest absolute Gasteiger partial charge is 0.196 e. The van der Waals surface area contributed by atoms with Gasteiger partial charge < -0.3 is 0 Å². The fourth-order valence-corrected chi connectivity index (χ4v) is 1.32. The van der Waals surface area contributed by atoms with E-state index in [0.29, 0.717) is 0 Å². The summed E-state index contributed by atoms with van der Waals surface area (Å²) >= 11 is 0. The van der Waals surface area contributed by atoms with Crippen LogP contribution in [0.1, 0.15) is 6.92 Å². The summed E-state index contributed by atoms with van der Waals surface area (Å²) in [5.74, 6) is 2.58. The maximum absolute atomic E-state index is 11.0. The zero-order chi connectivity index (χ0) is 8.81. The lowest BCUT2D eigenvalue weighted by atomic mass is 10.3. The molecule has 0 aliphatic heterocycles. The molecule has 1 aromatic carbocycles. The normalized spacial score (nSPS) is 11.1. The number of hydrogen-bond acceptors (Lipinski definition) is 1. The van der Waals surface area contributed by atoms with Gasteiger partial charge in [-0.2, -0.15) is 0 Å². The summed E-state index contributed by atoms with van der Waals surface area (Å²) in [6, 6.07) is 9.34. The molecule has 0 amide bonds. The Morgan fingerprint density at radius 1 is 1.33 bits per heavy atom. The van der Waals surface area contributed by atoms with Crippen LogP contribution in [0.25, 0.3) is 0 Å². The van der Waals surface area contributed by atoms with Crippen molar-refractivity contribution in [1.29, 1.82) is 0 Å². The second-order valence-corrected chi connectivity index (χ2v) is 3.03. The first-order valence-corrected chi connectivity index (χ1v) is 4.64. The third-order valence-electron chi connectivity index (χ3n) is 1.18. The fourth-order valence-electron chi connectivity index (χ4n) is 0.731. The monoisotopic (exact) mass is 179 g/mol. The van der Waals surface area contributed by atoms with Gasteiger partial charge in [0.15, 0.2) is 11.0 Å². The zero-order valence-electron chi connectivity index (χ0n) is 6.70. The van der Waals surface area contributed by atoms with Crippen molar-refractivity contribution in [1.82, 2.24) is 0 Å². The van der Waals surface area contributed by atoms with Crippen molar-refractivity contribution < 1.29 is 4.21 Å². The maximum Gasteiger partial charge on any atom is 0.196 e. The van der Waals surface area contributed by atoms with Crippen LogP contribution in [0.15, 0.2) is 30.3 Å². The number of benzene rings is 1. The Labute approximate surface area is 74.6 Å². The summed E-state index contributed by atoms with van der Waals surface area (Å²) in [5, 5.41) is 2.51. The molecular weight excluding hydrogens is 170 g/mol. The Bertz CT molecular complexity index is 323. The minimum Gasteiger partial charge on any atom is -0.295 e. The van der Waals surface area contributed by atoms with Crippen molar-refractivity contribution in [2.75, 3.05) is 4.72 Å². The molecule has 2 nitrogen and oxygen atoms in total. The predicted octanol–water partition coefficient (Wildman–Crippen LogP) is 1.74. The van der Waals surface area contributed by atoms with Gasteiger partial charge in [-0.1, -0.05) is 24.1 Å². The molecule has 1 N–H and O–H groups in total. The van der Waals surface area contributed by atoms with Crippen molar-refractivity contribution in [3.63, 3.8) is 0 Å². The summed E-state index contributed by atoms with van der Waals surface area (Å²) in [6.07, 6.45) is 0. The minimum atomic E-state index is -1.28. The van der Waals surface area contributed by atoms with Crippen molar-refractivity contribution in [2.45, 2.75) is 6.92 Å². The SMILES string of the molecule is CC#CS(=O)Nc1ccccc1. The Morgan fingerprint density at radius 3 is 2.58 bits per heavy atom. The molecule has 0 saturated carbocycles. The summed E-state index contributed by atoms with van der Waals surface area (Å²) < 4.78 is 13.8. The molecule has 12 heavy (non-hydrogen) atoms. The van der Waals surface area contributed by atoms with Gasteiger partial charge in [-0.15, -0.1) is 0 Å². The van der Waals surface area contributed by atoms with E-state index in [0.717, 1.165) is 5.69 Å². The van der Waals surface area contributed by atoms with E-state index >= 15 is 0 Å². The standard InChI is InChI=1S/C9H9NOS/c1-2-8-12(11)10-9-6-4-3-5-7-9/h3-7,10H,1H3. The molecule has 3 heteroatoms. The molecule has 1 rings (SSSR count). The zero-order valence-corrected chi connectivity index (χ0v) is 7.52. The average Bonchev–Trinajstić information content (AvgIpc) is 2.06. The summed E-state index contributed by atoms with van der Waals surface area (Å²) in [5.41, 5.74) is 0.818. The highest BCUT2D eigenvalue weighted by molar-refractivity contribution is 7.91. The Morgan fingerprint density at radius 2 is 2.00 bits per heavy atom. The Kier molecular flexibility index (Phi) is 3.36. The van der Waals surface area contributed by atoms with Crippen LogP contribution in [-0.2, 0) is 11.0 Å². The molecule has 0 radical (unpaired) electrons. The fraction of sp³-hybridized carbons (Fsp3) is 0.111. The van der Waals surface area contributed by atoms with Crippen molar-refractivity contribution in [3.05, 3.63) is 30.3 Å². The lowest BCUT2D eigenvalue weighted by molar-refractivity contribution is 0.692. The van der Waals surface area contributed by atoms with Gasteiger partial charge in [0.05, 0.1) is 0 Å². The van der Waals surface area contributed by atoms with E-state index < -0.39 is 11.0 Å². The van der Waals surface area contributed by atoms with Crippen LogP contribution in [0.4, 0.5) is 5.69 Å². The summed E-state index contributed by atoms with van der Waals surface area (Å²) in [6.45, 7) is 1.66. The second kappa shape index (κ2) is 4.58. The highest BCUT2D eigenvalue weighted by atomic mass is 32.2. The average molecular weight is 179 g/mol. The third-order valence-corrected chi connectivity index (χ3v) is 1.99. The van der Waals surface area contributed by atoms with Crippen LogP contribution >= 0.6 is 0 Å². The predicted molar refractivity (Wildman–Crippen MR) is 51.7 cm³/mol. The lowest BCUT2D eigenvalue weighted by Gasteiger charge is -1.98. The van der Waals surface area contributed by atoms with Gasteiger partial charge in [-0.05, 0) is 19.1 Å². The van der Waals surface area contributed by atoms with E-state index in [1.807, 2.05) is 30.3 Å². The van der Waals surface area contributed by atoms with Gasteiger partial charge in [0, 0.05) is 10.9 Å². The van der Waals surface area contributed by atoms with Gasteiger partial charge in [0.1, 0.15) is 0 Å². The molecule has 0 fully saturated rings. The quantitative estimate of drug-likeness (QED) is 0.688. The van der Waals surface area contributed by atoms with Crippen molar-refractivity contribution in [3.8, 4) is 11.2 Å². The summed E-state index contributed by atoms with van der Waals surface area (Å²) in [7, 11) is -1.28. The number of hydrogen-bond donors (Lipinski definition) is 1. The molecule has 1 atom stereocenters. The molecule has 1 aromatic rings. The van der Waals surface area contributed by atoms with E-state index in [-0.39, 0.29) is 0 Å². The molecule has 62 valence electrons. The topological polar surface area (TPSA) is 29.1 Å². The number of rotatable bonds is 2. The van der Waals surface area contributed by atoms with Crippen LogP contribution in [-0.4, -0.2) is 4.21 Å². The first-order valence-electron chi connectivity index (χ1n) is 3.49. The number of nitrogens with one attached hydrogen (secondary N) is 1. The van der Waals surface area contributed by atoms with E-state index in [9.17, 15) is 4.21 Å². The molecule has 1 unspecified atom stereocenters. The third kappa shape index (κ3) is 2.77. The molecule has 0 bridgehead atoms. The number of anilines is 1. The van der Waals surface area contributed by atoms with Gasteiger partial charge in [-0.25, -0.2) is 4.21 Å². The molecular formula is C9H9NOS. The highest BCUT2D eigenvalue weighted by Crippen LogP contribution is 2.05. The van der Waals surface area contributed by atoms with Crippen LogP contribution in [0.5, 0.6) is 0 Å². The largest absolute Gasteiger partial charge is 0.295 e. The second-order valence-electron chi connectivity index (χ2n) is 2.09. The van der Waals surface area contributed by atoms with Crippen LogP contribution in [0.2, 0.25) is 0 Å². The van der Waals surface area contributed by atoms with Gasteiger partial charge in [0.25, 0.3) is 0 Å². The van der Waals surface area contributed by atoms with Gasteiger partial charge in [0.2, 0.25) is 0 Å².